The summed E-state index contributed by atoms with van der Waals surface area (Å²) in [6.45, 7) is 0. The number of nitrogens with zero attached hydrogens (tertiary/aromatic N) is 2. The number of carboxylic acid groups (broad SMARTS) is 1. The van der Waals surface area contributed by atoms with Crippen molar-refractivity contribution in [3.05, 3.63) is 83.4 Å². The predicted octanol–water partition coefficient (Wildman–Crippen LogP) is 3.16. The lowest BCUT2D eigenvalue weighted by Gasteiger charge is -2.11. The van der Waals surface area contributed by atoms with Crippen LogP contribution in [0, 0.1) is 0 Å². The number of ether oxygens (including phenoxy) is 2. The van der Waals surface area contributed by atoms with E-state index < -0.39 is 5.97 Å². The molecule has 0 spiro atoms. The van der Waals surface area contributed by atoms with Crippen LogP contribution in [-0.2, 0) is 0 Å². The normalized spacial score (nSPS) is 11.7. The molecule has 158 valence electrons. The van der Waals surface area contributed by atoms with E-state index in [0.717, 1.165) is 0 Å². The minimum absolute atomic E-state index is 0.0333. The molecule has 7 N–H and O–H groups in total. The number of carbonyl (C=O) groups is 1. The number of amidine groups is 2. The maximum Gasteiger partial charge on any atom is 0.335 e. The number of nitrogens with two attached hydrogens (primary N) is 2. The summed E-state index contributed by atoms with van der Waals surface area (Å²) in [6.07, 6.45) is 0. The first-order chi connectivity index (χ1) is 14.9. The molecule has 0 bridgehead atoms. The van der Waals surface area contributed by atoms with Crippen molar-refractivity contribution in [3.63, 3.8) is 0 Å². The molecule has 3 aromatic carbocycles. The number of oxime groups is 2. The Hall–Kier alpha value is -4.73. The summed E-state index contributed by atoms with van der Waals surface area (Å²) < 4.78 is 11.5. The maximum atomic E-state index is 11.5. The van der Waals surface area contributed by atoms with Crippen molar-refractivity contribution < 1.29 is 29.8 Å². The summed E-state index contributed by atoms with van der Waals surface area (Å²) >= 11 is 0. The molecule has 0 aromatic heterocycles. The van der Waals surface area contributed by atoms with Gasteiger partial charge in [0.2, 0.25) is 0 Å². The Morgan fingerprint density at radius 2 is 1.03 bits per heavy atom. The molecule has 0 radical (unpaired) electrons. The van der Waals surface area contributed by atoms with Gasteiger partial charge in [0.1, 0.15) is 23.0 Å². The van der Waals surface area contributed by atoms with Crippen molar-refractivity contribution in [2.24, 2.45) is 21.8 Å². The van der Waals surface area contributed by atoms with Gasteiger partial charge >= 0.3 is 5.97 Å². The van der Waals surface area contributed by atoms with E-state index in [0.29, 0.717) is 22.6 Å². The quantitative estimate of drug-likeness (QED) is 0.167. The van der Waals surface area contributed by atoms with E-state index in [2.05, 4.69) is 10.3 Å². The van der Waals surface area contributed by atoms with E-state index >= 15 is 0 Å². The number of benzene rings is 3. The predicted molar refractivity (Wildman–Crippen MR) is 111 cm³/mol. The molecule has 0 amide bonds. The van der Waals surface area contributed by atoms with E-state index in [1.807, 2.05) is 0 Å². The third-order valence-electron chi connectivity index (χ3n) is 4.11. The Labute approximate surface area is 176 Å². The van der Waals surface area contributed by atoms with Gasteiger partial charge in [0.15, 0.2) is 11.7 Å². The fourth-order valence-corrected chi connectivity index (χ4v) is 2.59. The molecule has 31 heavy (non-hydrogen) atoms. The van der Waals surface area contributed by atoms with Gasteiger partial charge in [0.25, 0.3) is 0 Å². The van der Waals surface area contributed by atoms with Crippen LogP contribution < -0.4 is 20.9 Å². The first kappa shape index (κ1) is 21.0. The van der Waals surface area contributed by atoms with Crippen LogP contribution in [0.15, 0.2) is 77.0 Å². The van der Waals surface area contributed by atoms with Crippen LogP contribution in [-0.4, -0.2) is 33.2 Å². The first-order valence-corrected chi connectivity index (χ1v) is 8.79. The third-order valence-corrected chi connectivity index (χ3v) is 4.11. The van der Waals surface area contributed by atoms with Gasteiger partial charge in [-0.25, -0.2) is 4.79 Å². The molecule has 10 heteroatoms. The van der Waals surface area contributed by atoms with Crippen LogP contribution in [0.1, 0.15) is 21.5 Å². The van der Waals surface area contributed by atoms with Crippen LogP contribution in [0.3, 0.4) is 0 Å². The molecule has 0 saturated carbocycles. The first-order valence-electron chi connectivity index (χ1n) is 8.79. The van der Waals surface area contributed by atoms with E-state index in [1.165, 1.54) is 18.2 Å². The van der Waals surface area contributed by atoms with Crippen LogP contribution in [0.25, 0.3) is 0 Å². The molecule has 0 atom stereocenters. The van der Waals surface area contributed by atoms with Gasteiger partial charge < -0.3 is 36.5 Å². The molecule has 0 unspecified atom stereocenters. The highest BCUT2D eigenvalue weighted by Gasteiger charge is 2.11. The highest BCUT2D eigenvalue weighted by atomic mass is 16.5. The van der Waals surface area contributed by atoms with Crippen LogP contribution in [0.4, 0.5) is 0 Å². The summed E-state index contributed by atoms with van der Waals surface area (Å²) in [5, 5.41) is 32.7. The van der Waals surface area contributed by atoms with E-state index in [9.17, 15) is 9.90 Å². The maximum absolute atomic E-state index is 11.5. The lowest BCUT2D eigenvalue weighted by atomic mass is 10.2. The fourth-order valence-electron chi connectivity index (χ4n) is 2.59. The highest BCUT2D eigenvalue weighted by molar-refractivity contribution is 5.97. The number of rotatable bonds is 7. The Morgan fingerprint density at radius 3 is 1.35 bits per heavy atom. The average Bonchev–Trinajstić information content (AvgIpc) is 2.78. The van der Waals surface area contributed by atoms with Crippen molar-refractivity contribution in [2.45, 2.75) is 0 Å². The van der Waals surface area contributed by atoms with Crippen molar-refractivity contribution >= 4 is 17.6 Å². The van der Waals surface area contributed by atoms with Gasteiger partial charge in [0, 0.05) is 17.2 Å². The zero-order valence-electron chi connectivity index (χ0n) is 16.0. The molecule has 0 heterocycles. The minimum Gasteiger partial charge on any atom is -0.478 e. The van der Waals surface area contributed by atoms with Crippen LogP contribution >= 0.6 is 0 Å². The number of aromatic carboxylic acids is 1. The molecule has 0 aliphatic carbocycles. The van der Waals surface area contributed by atoms with Crippen LogP contribution in [0.2, 0.25) is 0 Å². The SMILES string of the molecule is NC(=NO)c1ccc(Oc2cc(Oc3ccc(C(N)=NO)cc3)cc(C(=O)O)c2)cc1. The lowest BCUT2D eigenvalue weighted by Crippen LogP contribution is -2.12. The monoisotopic (exact) mass is 422 g/mol. The summed E-state index contributed by atoms with van der Waals surface area (Å²) in [7, 11) is 0. The summed E-state index contributed by atoms with van der Waals surface area (Å²) in [5.41, 5.74) is 12.0. The smallest absolute Gasteiger partial charge is 0.335 e. The van der Waals surface area contributed by atoms with Gasteiger partial charge in [-0.1, -0.05) is 10.3 Å². The van der Waals surface area contributed by atoms with Crippen molar-refractivity contribution in [1.82, 2.24) is 0 Å². The van der Waals surface area contributed by atoms with E-state index in [4.69, 9.17) is 31.4 Å². The zero-order valence-corrected chi connectivity index (χ0v) is 16.0. The molecule has 0 aliphatic rings. The molecule has 10 nitrogen and oxygen atoms in total. The lowest BCUT2D eigenvalue weighted by molar-refractivity contribution is 0.0696. The third kappa shape index (κ3) is 5.21. The molecular weight excluding hydrogens is 404 g/mol. The second-order valence-electron chi connectivity index (χ2n) is 6.22. The fraction of sp³-hybridized carbons (Fsp3) is 0. The zero-order chi connectivity index (χ0) is 22.4. The number of hydrogen-bond donors (Lipinski definition) is 5. The number of hydrogen-bond acceptors (Lipinski definition) is 7. The molecule has 0 saturated heterocycles. The Kier molecular flexibility index (Phi) is 6.21. The molecule has 3 rings (SSSR count). The standard InChI is InChI=1S/C21H18N4O6/c22-19(24-28)12-1-5-15(6-2-12)30-17-9-14(21(26)27)10-18(11-17)31-16-7-3-13(4-8-16)20(23)25-29/h1-11,28-29H,(H2,22,24)(H2,23,25)(H,26,27). The Bertz CT molecular complexity index is 1060. The van der Waals surface area contributed by atoms with Crippen molar-refractivity contribution in [1.29, 1.82) is 0 Å². The van der Waals surface area contributed by atoms with E-state index in [1.54, 1.807) is 48.5 Å². The number of carboxylic acids is 1. The second kappa shape index (κ2) is 9.18. The Balaban J connectivity index is 1.84. The molecule has 3 aromatic rings. The van der Waals surface area contributed by atoms with Crippen molar-refractivity contribution in [2.75, 3.05) is 0 Å². The molecule has 0 aliphatic heterocycles. The van der Waals surface area contributed by atoms with Gasteiger partial charge in [-0.15, -0.1) is 0 Å². The molecule has 0 fully saturated rings. The van der Waals surface area contributed by atoms with Crippen molar-refractivity contribution in [3.8, 4) is 23.0 Å². The van der Waals surface area contributed by atoms with Gasteiger partial charge in [0.05, 0.1) is 5.56 Å². The largest absolute Gasteiger partial charge is 0.478 e. The Morgan fingerprint density at radius 1 is 0.645 bits per heavy atom. The van der Waals surface area contributed by atoms with Gasteiger partial charge in [-0.05, 0) is 60.7 Å². The van der Waals surface area contributed by atoms with E-state index in [-0.39, 0.29) is 28.7 Å². The van der Waals surface area contributed by atoms with Gasteiger partial charge in [-0.3, -0.25) is 0 Å². The molecular formula is C21H18N4O6. The second-order valence-corrected chi connectivity index (χ2v) is 6.22. The highest BCUT2D eigenvalue weighted by Crippen LogP contribution is 2.30. The summed E-state index contributed by atoms with van der Waals surface area (Å²) in [4.78, 5) is 11.5. The topological polar surface area (TPSA) is 173 Å². The van der Waals surface area contributed by atoms with Crippen LogP contribution in [0.5, 0.6) is 23.0 Å². The average molecular weight is 422 g/mol. The van der Waals surface area contributed by atoms with Gasteiger partial charge in [-0.2, -0.15) is 0 Å². The minimum atomic E-state index is -1.15. The summed E-state index contributed by atoms with van der Waals surface area (Å²) in [6, 6.07) is 17.0. The summed E-state index contributed by atoms with van der Waals surface area (Å²) in [5.74, 6) is 0.0396.